The van der Waals surface area contributed by atoms with Gasteiger partial charge >= 0.3 is 0 Å². The van der Waals surface area contributed by atoms with E-state index in [4.69, 9.17) is 28.9 Å². The van der Waals surface area contributed by atoms with Crippen LogP contribution < -0.4 is 5.73 Å². The number of rotatable bonds is 1. The fourth-order valence-corrected chi connectivity index (χ4v) is 1.53. The fourth-order valence-electron chi connectivity index (χ4n) is 1.06. The first kappa shape index (κ1) is 10.2. The minimum Gasteiger partial charge on any atom is -0.381 e. The first-order chi connectivity index (χ1) is 7.08. The fraction of sp³-hybridized carbons (Fsp3) is 0. The first-order valence-electron chi connectivity index (χ1n) is 3.90. The Hall–Kier alpha value is -1.33. The van der Waals surface area contributed by atoms with Crippen LogP contribution in [0, 0.1) is 5.82 Å². The van der Waals surface area contributed by atoms with Crippen LogP contribution in [0.15, 0.2) is 18.3 Å². The molecule has 2 N–H and O–H groups in total. The summed E-state index contributed by atoms with van der Waals surface area (Å²) in [6, 6.07) is 2.73. The SMILES string of the molecule is Nc1cnn(-c2cc(Cl)c(F)c(Cl)c2)n1. The zero-order chi connectivity index (χ0) is 11.0. The molecule has 1 aromatic heterocycles. The van der Waals surface area contributed by atoms with Gasteiger partial charge in [-0.05, 0) is 12.1 Å². The number of anilines is 1. The molecule has 0 aliphatic heterocycles. The van der Waals surface area contributed by atoms with Gasteiger partial charge < -0.3 is 5.73 Å². The third-order valence-corrected chi connectivity index (χ3v) is 2.26. The van der Waals surface area contributed by atoms with Crippen LogP contribution in [0.2, 0.25) is 10.0 Å². The van der Waals surface area contributed by atoms with E-state index in [2.05, 4.69) is 10.2 Å². The summed E-state index contributed by atoms with van der Waals surface area (Å²) >= 11 is 11.2. The van der Waals surface area contributed by atoms with Crippen LogP contribution in [0.4, 0.5) is 10.2 Å². The van der Waals surface area contributed by atoms with E-state index in [1.807, 2.05) is 0 Å². The average Bonchev–Trinajstić information content (AvgIpc) is 2.60. The maximum absolute atomic E-state index is 13.1. The van der Waals surface area contributed by atoms with Crippen LogP contribution in [0.1, 0.15) is 0 Å². The highest BCUT2D eigenvalue weighted by molar-refractivity contribution is 6.35. The van der Waals surface area contributed by atoms with Crippen molar-refractivity contribution in [3.63, 3.8) is 0 Å². The van der Waals surface area contributed by atoms with E-state index in [9.17, 15) is 4.39 Å². The van der Waals surface area contributed by atoms with Crippen molar-refractivity contribution in [3.05, 3.63) is 34.2 Å². The zero-order valence-electron chi connectivity index (χ0n) is 7.28. The predicted molar refractivity (Wildman–Crippen MR) is 55.7 cm³/mol. The van der Waals surface area contributed by atoms with E-state index in [0.29, 0.717) is 5.69 Å². The number of nitrogens with two attached hydrogens (primary N) is 1. The predicted octanol–water partition coefficient (Wildman–Crippen LogP) is 2.30. The van der Waals surface area contributed by atoms with Gasteiger partial charge in [-0.2, -0.15) is 5.10 Å². The quantitative estimate of drug-likeness (QED) is 0.786. The van der Waals surface area contributed by atoms with Crippen LogP contribution in [0.3, 0.4) is 0 Å². The van der Waals surface area contributed by atoms with Crippen LogP contribution in [-0.2, 0) is 0 Å². The van der Waals surface area contributed by atoms with Gasteiger partial charge in [0.2, 0.25) is 0 Å². The normalized spacial score (nSPS) is 10.6. The summed E-state index contributed by atoms with van der Waals surface area (Å²) in [5.74, 6) is -0.409. The lowest BCUT2D eigenvalue weighted by molar-refractivity contribution is 0.627. The van der Waals surface area contributed by atoms with Gasteiger partial charge in [0.15, 0.2) is 11.6 Å². The standard InChI is InChI=1S/C8H5Cl2FN4/c9-5-1-4(2-6(10)8(5)11)15-13-3-7(12)14-15/h1-3H,(H2,12,14). The van der Waals surface area contributed by atoms with Crippen molar-refractivity contribution < 1.29 is 4.39 Å². The topological polar surface area (TPSA) is 56.7 Å². The number of aromatic nitrogens is 3. The zero-order valence-corrected chi connectivity index (χ0v) is 8.80. The van der Waals surface area contributed by atoms with Gasteiger partial charge in [0.25, 0.3) is 0 Å². The third-order valence-electron chi connectivity index (χ3n) is 1.71. The van der Waals surface area contributed by atoms with E-state index in [0.717, 1.165) is 0 Å². The van der Waals surface area contributed by atoms with Crippen LogP contribution >= 0.6 is 23.2 Å². The molecule has 1 heterocycles. The number of benzene rings is 1. The Morgan fingerprint density at radius 2 is 1.87 bits per heavy atom. The molecular formula is C8H5Cl2FN4. The maximum Gasteiger partial charge on any atom is 0.166 e. The van der Waals surface area contributed by atoms with E-state index < -0.39 is 5.82 Å². The molecule has 2 rings (SSSR count). The summed E-state index contributed by atoms with van der Waals surface area (Å²) in [7, 11) is 0. The molecule has 15 heavy (non-hydrogen) atoms. The van der Waals surface area contributed by atoms with E-state index >= 15 is 0 Å². The number of hydrogen-bond donors (Lipinski definition) is 1. The van der Waals surface area contributed by atoms with Crippen molar-refractivity contribution in [2.45, 2.75) is 0 Å². The second-order valence-corrected chi connectivity index (χ2v) is 3.60. The van der Waals surface area contributed by atoms with Gasteiger partial charge in [-0.1, -0.05) is 23.2 Å². The lowest BCUT2D eigenvalue weighted by Crippen LogP contribution is -2.00. The molecule has 0 aliphatic rings. The number of nitrogens with zero attached hydrogens (tertiary/aromatic N) is 3. The summed E-state index contributed by atoms with van der Waals surface area (Å²) in [5.41, 5.74) is 5.83. The first-order valence-corrected chi connectivity index (χ1v) is 4.66. The van der Waals surface area contributed by atoms with Gasteiger partial charge in [-0.15, -0.1) is 9.90 Å². The molecule has 0 fully saturated rings. The van der Waals surface area contributed by atoms with Crippen LogP contribution in [0.25, 0.3) is 5.69 Å². The van der Waals surface area contributed by atoms with E-state index in [1.54, 1.807) is 0 Å². The van der Waals surface area contributed by atoms with Crippen molar-refractivity contribution in [1.29, 1.82) is 0 Å². The van der Waals surface area contributed by atoms with E-state index in [1.165, 1.54) is 23.1 Å². The van der Waals surface area contributed by atoms with Crippen molar-refractivity contribution in [2.24, 2.45) is 0 Å². The average molecular weight is 247 g/mol. The molecule has 7 heteroatoms. The molecule has 0 spiro atoms. The van der Waals surface area contributed by atoms with Gasteiger partial charge in [-0.25, -0.2) is 4.39 Å². The summed E-state index contributed by atoms with van der Waals surface area (Å²) in [4.78, 5) is 1.21. The van der Waals surface area contributed by atoms with Gasteiger partial charge in [0.05, 0.1) is 21.9 Å². The Labute approximate surface area is 94.4 Å². The summed E-state index contributed by atoms with van der Waals surface area (Å²) in [6.07, 6.45) is 1.37. The third kappa shape index (κ3) is 1.88. The number of hydrogen-bond acceptors (Lipinski definition) is 3. The highest BCUT2D eigenvalue weighted by Gasteiger charge is 2.09. The smallest absolute Gasteiger partial charge is 0.166 e. The lowest BCUT2D eigenvalue weighted by Gasteiger charge is -2.02. The molecule has 4 nitrogen and oxygen atoms in total. The molecule has 0 saturated carbocycles. The van der Waals surface area contributed by atoms with Crippen molar-refractivity contribution >= 4 is 29.0 Å². The number of halogens is 3. The minimum atomic E-state index is -0.665. The Morgan fingerprint density at radius 3 is 2.33 bits per heavy atom. The molecule has 0 saturated heterocycles. The summed E-state index contributed by atoms with van der Waals surface area (Å²) in [6.45, 7) is 0. The Balaban J connectivity index is 2.55. The second-order valence-electron chi connectivity index (χ2n) is 2.78. The van der Waals surface area contributed by atoms with Crippen molar-refractivity contribution in [2.75, 3.05) is 5.73 Å². The molecule has 1 aromatic carbocycles. The summed E-state index contributed by atoms with van der Waals surface area (Å²) < 4.78 is 13.1. The molecule has 0 amide bonds. The van der Waals surface area contributed by atoms with Crippen LogP contribution in [0.5, 0.6) is 0 Å². The minimum absolute atomic E-state index is 0.0895. The lowest BCUT2D eigenvalue weighted by atomic mass is 10.3. The molecule has 0 bridgehead atoms. The van der Waals surface area contributed by atoms with E-state index in [-0.39, 0.29) is 15.9 Å². The highest BCUT2D eigenvalue weighted by atomic mass is 35.5. The largest absolute Gasteiger partial charge is 0.381 e. The van der Waals surface area contributed by atoms with Gasteiger partial charge in [0, 0.05) is 0 Å². The Kier molecular flexibility index (Phi) is 2.50. The highest BCUT2D eigenvalue weighted by Crippen LogP contribution is 2.25. The monoisotopic (exact) mass is 246 g/mol. The number of nitrogen functional groups attached to an aromatic ring is 1. The molecular weight excluding hydrogens is 242 g/mol. The second kappa shape index (κ2) is 3.67. The molecule has 78 valence electrons. The molecule has 0 unspecified atom stereocenters. The maximum atomic E-state index is 13.1. The van der Waals surface area contributed by atoms with Crippen LogP contribution in [-0.4, -0.2) is 15.0 Å². The summed E-state index contributed by atoms with van der Waals surface area (Å²) in [5, 5.41) is 7.50. The molecule has 2 aromatic rings. The van der Waals surface area contributed by atoms with Gasteiger partial charge in [-0.3, -0.25) is 0 Å². The molecule has 0 aliphatic carbocycles. The van der Waals surface area contributed by atoms with Gasteiger partial charge in [0.1, 0.15) is 0 Å². The molecule has 0 radical (unpaired) electrons. The van der Waals surface area contributed by atoms with Crippen molar-refractivity contribution in [3.8, 4) is 5.69 Å². The Morgan fingerprint density at radius 1 is 1.27 bits per heavy atom. The van der Waals surface area contributed by atoms with Crippen molar-refractivity contribution in [1.82, 2.24) is 15.0 Å². The molecule has 0 atom stereocenters. The Bertz CT molecular complexity index is 488.